The van der Waals surface area contributed by atoms with Crippen LogP contribution in [0.4, 0.5) is 0 Å². The second kappa shape index (κ2) is 29.3. The molecule has 0 spiro atoms. The SMILES string of the molecule is C=O.O.O.O=S([O-])S(=O)[O-].[Na+].[Na+]. The van der Waals surface area contributed by atoms with Crippen LogP contribution in [0.1, 0.15) is 0 Å². The van der Waals surface area contributed by atoms with Crippen molar-refractivity contribution >= 4 is 27.0 Å². The van der Waals surface area contributed by atoms with Crippen molar-refractivity contribution < 1.29 is 92.4 Å². The van der Waals surface area contributed by atoms with Crippen LogP contribution in [0.2, 0.25) is 0 Å². The molecule has 0 saturated heterocycles. The molecule has 0 aromatic rings. The van der Waals surface area contributed by atoms with E-state index < -0.39 is 20.2 Å². The third-order valence-corrected chi connectivity index (χ3v) is 1.00. The minimum Gasteiger partial charge on any atom is -0.763 e. The molecule has 4 N–H and O–H groups in total. The topological polar surface area (TPSA) is 160 Å². The second-order valence-corrected chi connectivity index (χ2v) is 2.86. The summed E-state index contributed by atoms with van der Waals surface area (Å²) >= 11 is 0. The van der Waals surface area contributed by atoms with Crippen molar-refractivity contribution in [3.8, 4) is 0 Å². The molecule has 0 aromatic carbocycles. The van der Waals surface area contributed by atoms with E-state index in [0.29, 0.717) is 0 Å². The van der Waals surface area contributed by atoms with Gasteiger partial charge in [0.15, 0.2) is 0 Å². The Kier molecular flexibility index (Phi) is 90.7. The van der Waals surface area contributed by atoms with Gasteiger partial charge in [0, 0.05) is 20.2 Å². The van der Waals surface area contributed by atoms with Gasteiger partial charge in [-0.1, -0.05) is 0 Å². The van der Waals surface area contributed by atoms with Gasteiger partial charge in [-0.05, 0) is 0 Å². The molecule has 7 nitrogen and oxygen atoms in total. The second-order valence-electron chi connectivity index (χ2n) is 0.408. The molecule has 0 radical (unpaired) electrons. The molecular formula is CH6Na2O7S2. The van der Waals surface area contributed by atoms with Crippen LogP contribution >= 0.6 is 0 Å². The molecule has 12 heavy (non-hydrogen) atoms. The number of carbonyl (C=O) groups is 1. The van der Waals surface area contributed by atoms with E-state index in [-0.39, 0.29) is 70.1 Å². The van der Waals surface area contributed by atoms with Gasteiger partial charge in [-0.2, -0.15) is 0 Å². The van der Waals surface area contributed by atoms with E-state index in [1.54, 1.807) is 0 Å². The summed E-state index contributed by atoms with van der Waals surface area (Å²) in [4.78, 5) is 8.00. The molecule has 0 aliphatic heterocycles. The Hall–Kier alpha value is 1.81. The number of rotatable bonds is 1. The van der Waals surface area contributed by atoms with Crippen LogP contribution in [0.5, 0.6) is 0 Å². The van der Waals surface area contributed by atoms with Crippen molar-refractivity contribution in [3.05, 3.63) is 0 Å². The van der Waals surface area contributed by atoms with Crippen molar-refractivity contribution in [3.63, 3.8) is 0 Å². The molecular weight excluding hydrogens is 234 g/mol. The summed E-state index contributed by atoms with van der Waals surface area (Å²) in [6, 6.07) is 0. The Bertz CT molecular complexity index is 95.6. The summed E-state index contributed by atoms with van der Waals surface area (Å²) in [5.41, 5.74) is 0. The third-order valence-electron chi connectivity index (χ3n) is 0.111. The van der Waals surface area contributed by atoms with E-state index in [1.807, 2.05) is 6.79 Å². The first-order chi connectivity index (χ1) is 3.64. The summed E-state index contributed by atoms with van der Waals surface area (Å²) in [6.45, 7) is 2.00. The van der Waals surface area contributed by atoms with Crippen molar-refractivity contribution in [1.29, 1.82) is 0 Å². The van der Waals surface area contributed by atoms with Crippen molar-refractivity contribution in [2.24, 2.45) is 0 Å². The van der Waals surface area contributed by atoms with Crippen LogP contribution in [-0.2, 0) is 25.0 Å². The largest absolute Gasteiger partial charge is 1.00 e. The molecule has 2 atom stereocenters. The first-order valence-electron chi connectivity index (χ1n) is 1.12. The summed E-state index contributed by atoms with van der Waals surface area (Å²) in [5, 5.41) is 0. The fourth-order valence-electron chi connectivity index (χ4n) is 0. The number of carbonyl (C=O) groups excluding carboxylic acids is 1. The molecule has 0 saturated carbocycles. The van der Waals surface area contributed by atoms with E-state index in [4.69, 9.17) is 22.3 Å². The first-order valence-corrected chi connectivity index (χ1v) is 3.79. The molecule has 0 heterocycles. The van der Waals surface area contributed by atoms with E-state index in [2.05, 4.69) is 0 Å². The normalized spacial score (nSPS) is 10.2. The summed E-state index contributed by atoms with van der Waals surface area (Å²) < 4.78 is 36.3. The van der Waals surface area contributed by atoms with Gasteiger partial charge in [-0.3, -0.25) is 8.42 Å². The van der Waals surface area contributed by atoms with Gasteiger partial charge < -0.3 is 24.9 Å². The smallest absolute Gasteiger partial charge is 0.763 e. The van der Waals surface area contributed by atoms with Crippen LogP contribution in [-0.4, -0.2) is 35.3 Å². The monoisotopic (exact) mass is 240 g/mol. The molecule has 11 heteroatoms. The molecule has 0 amide bonds. The third kappa shape index (κ3) is 40.9. The Morgan fingerprint density at radius 1 is 0.833 bits per heavy atom. The Morgan fingerprint density at radius 3 is 0.917 bits per heavy atom. The molecule has 0 aliphatic rings. The number of hydrogen-bond acceptors (Lipinski definition) is 5. The molecule has 66 valence electrons. The fraction of sp³-hybridized carbons (Fsp3) is 0. The molecule has 2 unspecified atom stereocenters. The summed E-state index contributed by atoms with van der Waals surface area (Å²) in [5.74, 6) is 0. The van der Waals surface area contributed by atoms with Crippen molar-refractivity contribution in [1.82, 2.24) is 0 Å². The van der Waals surface area contributed by atoms with Gasteiger partial charge in [0.2, 0.25) is 0 Å². The van der Waals surface area contributed by atoms with Gasteiger partial charge in [-0.25, -0.2) is 0 Å². The zero-order valence-corrected chi connectivity index (χ0v) is 12.2. The fourth-order valence-corrected chi connectivity index (χ4v) is 0. The van der Waals surface area contributed by atoms with Crippen LogP contribution < -0.4 is 59.1 Å². The minimum absolute atomic E-state index is 0. The minimum atomic E-state index is -2.95. The van der Waals surface area contributed by atoms with E-state index in [9.17, 15) is 0 Å². The summed E-state index contributed by atoms with van der Waals surface area (Å²) in [6.07, 6.45) is 0. The molecule has 0 aliphatic carbocycles. The molecule has 0 aromatic heterocycles. The zero-order chi connectivity index (χ0) is 7.15. The van der Waals surface area contributed by atoms with Crippen LogP contribution in [0, 0.1) is 0 Å². The van der Waals surface area contributed by atoms with Gasteiger partial charge in [0.1, 0.15) is 6.79 Å². The predicted octanol–water partition coefficient (Wildman–Crippen LogP) is -9.17. The van der Waals surface area contributed by atoms with E-state index >= 15 is 0 Å². The molecule has 0 fully saturated rings. The van der Waals surface area contributed by atoms with E-state index in [0.717, 1.165) is 0 Å². The average Bonchev–Trinajstić information content (AvgIpc) is 1.72. The Labute approximate surface area is 118 Å². The van der Waals surface area contributed by atoms with Gasteiger partial charge in [0.05, 0.1) is 0 Å². The van der Waals surface area contributed by atoms with E-state index in [1.165, 1.54) is 0 Å². The average molecular weight is 240 g/mol. The summed E-state index contributed by atoms with van der Waals surface area (Å²) in [7, 11) is -5.90. The van der Waals surface area contributed by atoms with Crippen LogP contribution in [0.3, 0.4) is 0 Å². The quantitative estimate of drug-likeness (QED) is 0.252. The van der Waals surface area contributed by atoms with Crippen LogP contribution in [0.25, 0.3) is 0 Å². The molecule has 0 bridgehead atoms. The van der Waals surface area contributed by atoms with Crippen molar-refractivity contribution in [2.45, 2.75) is 0 Å². The van der Waals surface area contributed by atoms with Gasteiger partial charge in [0.25, 0.3) is 0 Å². The maximum atomic E-state index is 9.09. The molecule has 0 rings (SSSR count). The maximum Gasteiger partial charge on any atom is 1.00 e. The van der Waals surface area contributed by atoms with Gasteiger partial charge >= 0.3 is 59.1 Å². The maximum absolute atomic E-state index is 9.09. The Balaban J connectivity index is -0.0000000140. The Morgan fingerprint density at radius 2 is 0.917 bits per heavy atom. The number of hydrogen-bond donors (Lipinski definition) is 0. The zero-order valence-electron chi connectivity index (χ0n) is 6.56. The van der Waals surface area contributed by atoms with Gasteiger partial charge in [-0.15, -0.1) is 0 Å². The first kappa shape index (κ1) is 37.2. The van der Waals surface area contributed by atoms with Crippen molar-refractivity contribution in [2.75, 3.05) is 0 Å². The van der Waals surface area contributed by atoms with Crippen LogP contribution in [0.15, 0.2) is 0 Å². The standard InChI is InChI=1S/CH2O.2Na.H2O4S2.2H2O/c1-2;;;1-5(2)6(3)4;;/h1H2;;;(H,1,2)(H,3,4);2*1H2/q;2*+1;;;/p-2. The predicted molar refractivity (Wildman–Crippen MR) is 32.2 cm³/mol.